The number of nitrogens with zero attached hydrogens (tertiary/aromatic N) is 2. The highest BCUT2D eigenvalue weighted by atomic mass is 16.5. The monoisotopic (exact) mass is 433 g/mol. The average molecular weight is 433 g/mol. The van der Waals surface area contributed by atoms with Gasteiger partial charge in [0.25, 0.3) is 5.91 Å². The number of hydrogen-bond acceptors (Lipinski definition) is 7. The van der Waals surface area contributed by atoms with E-state index in [1.807, 2.05) is 12.1 Å². The molecule has 32 heavy (non-hydrogen) atoms. The second-order valence-electron chi connectivity index (χ2n) is 6.85. The van der Waals surface area contributed by atoms with Gasteiger partial charge in [-0.3, -0.25) is 4.79 Å². The highest BCUT2D eigenvalue weighted by molar-refractivity contribution is 5.96. The Morgan fingerprint density at radius 3 is 2.34 bits per heavy atom. The first kappa shape index (κ1) is 22.5. The number of carbonyl (C=O) groups is 2. The summed E-state index contributed by atoms with van der Waals surface area (Å²) in [6.45, 7) is 1.80. The molecular formula is C24H23N3O5. The number of azo groups is 1. The summed E-state index contributed by atoms with van der Waals surface area (Å²) in [7, 11) is 1.58. The Bertz CT molecular complexity index is 1100. The van der Waals surface area contributed by atoms with E-state index >= 15 is 0 Å². The smallest absolute Gasteiger partial charge is 0.341 e. The van der Waals surface area contributed by atoms with Crippen LogP contribution in [0.1, 0.15) is 22.8 Å². The number of hydrogen-bond donors (Lipinski definition) is 2. The number of nitrogens with one attached hydrogen (secondary N) is 1. The van der Waals surface area contributed by atoms with E-state index in [1.165, 1.54) is 19.1 Å². The summed E-state index contributed by atoms with van der Waals surface area (Å²) in [5, 5.41) is 20.2. The Morgan fingerprint density at radius 2 is 1.66 bits per heavy atom. The Kier molecular flexibility index (Phi) is 7.53. The quantitative estimate of drug-likeness (QED) is 0.396. The lowest BCUT2D eigenvalue weighted by Crippen LogP contribution is -2.35. The predicted molar refractivity (Wildman–Crippen MR) is 118 cm³/mol. The number of phenols is 1. The van der Waals surface area contributed by atoms with Crippen molar-refractivity contribution >= 4 is 23.3 Å². The van der Waals surface area contributed by atoms with Crippen LogP contribution < -0.4 is 10.1 Å². The molecule has 3 aromatic rings. The summed E-state index contributed by atoms with van der Waals surface area (Å²) in [6.07, 6.45) is -0.997. The van der Waals surface area contributed by atoms with Gasteiger partial charge in [0, 0.05) is 6.54 Å². The number of ether oxygens (including phenoxy) is 2. The summed E-state index contributed by atoms with van der Waals surface area (Å²) in [5.74, 6) is -0.259. The van der Waals surface area contributed by atoms with Gasteiger partial charge in [0.1, 0.15) is 17.2 Å². The fourth-order valence-electron chi connectivity index (χ4n) is 2.72. The Morgan fingerprint density at radius 1 is 0.969 bits per heavy atom. The Hall–Kier alpha value is -4.20. The summed E-state index contributed by atoms with van der Waals surface area (Å²) in [4.78, 5) is 25.0. The zero-order valence-corrected chi connectivity index (χ0v) is 17.7. The first-order valence-corrected chi connectivity index (χ1v) is 9.87. The first-order valence-electron chi connectivity index (χ1n) is 9.87. The minimum absolute atomic E-state index is 0.118. The van der Waals surface area contributed by atoms with E-state index in [-0.39, 0.29) is 11.3 Å². The van der Waals surface area contributed by atoms with E-state index in [2.05, 4.69) is 15.5 Å². The van der Waals surface area contributed by atoms with Crippen molar-refractivity contribution in [2.75, 3.05) is 7.11 Å². The van der Waals surface area contributed by atoms with Crippen molar-refractivity contribution in [1.29, 1.82) is 0 Å². The van der Waals surface area contributed by atoms with Crippen molar-refractivity contribution in [2.24, 2.45) is 10.2 Å². The molecule has 164 valence electrons. The topological polar surface area (TPSA) is 110 Å². The summed E-state index contributed by atoms with van der Waals surface area (Å²) >= 11 is 0. The van der Waals surface area contributed by atoms with E-state index in [0.29, 0.717) is 17.9 Å². The van der Waals surface area contributed by atoms with Gasteiger partial charge in [0.2, 0.25) is 0 Å². The highest BCUT2D eigenvalue weighted by Gasteiger charge is 2.20. The molecule has 0 aliphatic heterocycles. The molecule has 0 saturated heterocycles. The van der Waals surface area contributed by atoms with Crippen molar-refractivity contribution < 1.29 is 24.2 Å². The molecule has 0 fully saturated rings. The standard InChI is InChI=1S/C24H23N3O5/c1-16(23(29)25-15-17-7-13-20(31-2)14-8-17)32-24(30)21-5-3-4-6-22(21)27-26-18-9-11-19(28)12-10-18/h3-14,16,28H,15H2,1-2H3,(H,25,29). The normalized spacial score (nSPS) is 11.7. The molecule has 0 saturated carbocycles. The molecule has 0 heterocycles. The van der Waals surface area contributed by atoms with Crippen molar-refractivity contribution in [3.8, 4) is 11.5 Å². The zero-order valence-electron chi connectivity index (χ0n) is 17.7. The van der Waals surface area contributed by atoms with Crippen molar-refractivity contribution in [1.82, 2.24) is 5.32 Å². The van der Waals surface area contributed by atoms with Crippen LogP contribution in [0.5, 0.6) is 11.5 Å². The molecule has 0 spiro atoms. The highest BCUT2D eigenvalue weighted by Crippen LogP contribution is 2.24. The van der Waals surface area contributed by atoms with Gasteiger partial charge in [-0.15, -0.1) is 5.11 Å². The number of benzene rings is 3. The maximum absolute atomic E-state index is 12.6. The maximum Gasteiger partial charge on any atom is 0.341 e. The van der Waals surface area contributed by atoms with Crippen LogP contribution in [-0.4, -0.2) is 30.2 Å². The zero-order chi connectivity index (χ0) is 22.9. The second kappa shape index (κ2) is 10.7. The van der Waals surface area contributed by atoms with Crippen LogP contribution in [0, 0.1) is 0 Å². The molecule has 0 aromatic heterocycles. The summed E-state index contributed by atoms with van der Waals surface area (Å²) < 4.78 is 10.4. The van der Waals surface area contributed by atoms with Crippen LogP contribution >= 0.6 is 0 Å². The molecule has 8 nitrogen and oxygen atoms in total. The van der Waals surface area contributed by atoms with Gasteiger partial charge in [-0.1, -0.05) is 24.3 Å². The average Bonchev–Trinajstić information content (AvgIpc) is 2.82. The molecule has 3 rings (SSSR count). The second-order valence-corrected chi connectivity index (χ2v) is 6.85. The molecule has 0 radical (unpaired) electrons. The van der Waals surface area contributed by atoms with E-state index < -0.39 is 18.0 Å². The van der Waals surface area contributed by atoms with E-state index in [4.69, 9.17) is 9.47 Å². The third-order valence-corrected chi connectivity index (χ3v) is 4.53. The van der Waals surface area contributed by atoms with Crippen LogP contribution in [0.2, 0.25) is 0 Å². The van der Waals surface area contributed by atoms with Gasteiger partial charge >= 0.3 is 5.97 Å². The lowest BCUT2D eigenvalue weighted by atomic mass is 10.2. The number of esters is 1. The Balaban J connectivity index is 1.60. The molecular weight excluding hydrogens is 410 g/mol. The molecule has 2 N–H and O–H groups in total. The van der Waals surface area contributed by atoms with Crippen LogP contribution in [0.25, 0.3) is 0 Å². The maximum atomic E-state index is 12.6. The number of rotatable bonds is 8. The summed E-state index contributed by atoms with van der Waals surface area (Å²) in [5.41, 5.74) is 1.89. The molecule has 0 aliphatic carbocycles. The molecule has 1 atom stereocenters. The Labute approximate surface area is 185 Å². The minimum atomic E-state index is -0.997. The summed E-state index contributed by atoms with van der Waals surface area (Å²) in [6, 6.07) is 20.0. The molecule has 3 aromatic carbocycles. The van der Waals surface area contributed by atoms with Crippen molar-refractivity contribution in [3.63, 3.8) is 0 Å². The number of phenolic OH excluding ortho intramolecular Hbond substituents is 1. The van der Waals surface area contributed by atoms with Crippen LogP contribution in [0.3, 0.4) is 0 Å². The van der Waals surface area contributed by atoms with Crippen LogP contribution in [0.15, 0.2) is 83.0 Å². The van der Waals surface area contributed by atoms with Gasteiger partial charge in [-0.25, -0.2) is 4.79 Å². The number of carbonyl (C=O) groups excluding carboxylic acids is 2. The van der Waals surface area contributed by atoms with Gasteiger partial charge in [-0.2, -0.15) is 5.11 Å². The fourth-order valence-corrected chi connectivity index (χ4v) is 2.72. The lowest BCUT2D eigenvalue weighted by molar-refractivity contribution is -0.129. The predicted octanol–water partition coefficient (Wildman–Crippen LogP) is 4.68. The van der Waals surface area contributed by atoms with Crippen molar-refractivity contribution in [3.05, 3.63) is 83.9 Å². The van der Waals surface area contributed by atoms with Gasteiger partial charge in [-0.05, 0) is 61.0 Å². The largest absolute Gasteiger partial charge is 0.508 e. The lowest BCUT2D eigenvalue weighted by Gasteiger charge is -2.14. The molecule has 1 amide bonds. The van der Waals surface area contributed by atoms with Crippen molar-refractivity contribution in [2.45, 2.75) is 19.6 Å². The molecule has 8 heteroatoms. The van der Waals surface area contributed by atoms with E-state index in [0.717, 1.165) is 11.3 Å². The SMILES string of the molecule is COc1ccc(CNC(=O)C(C)OC(=O)c2ccccc2N=Nc2ccc(O)cc2)cc1. The number of amides is 1. The first-order chi connectivity index (χ1) is 15.5. The number of aromatic hydroxyl groups is 1. The third-order valence-electron chi connectivity index (χ3n) is 4.53. The third kappa shape index (κ3) is 6.15. The van der Waals surface area contributed by atoms with Gasteiger partial charge in [0.15, 0.2) is 6.10 Å². The fraction of sp³-hybridized carbons (Fsp3) is 0.167. The van der Waals surface area contributed by atoms with Crippen LogP contribution in [0.4, 0.5) is 11.4 Å². The van der Waals surface area contributed by atoms with E-state index in [1.54, 1.807) is 55.6 Å². The van der Waals surface area contributed by atoms with E-state index in [9.17, 15) is 14.7 Å². The van der Waals surface area contributed by atoms with Gasteiger partial charge < -0.3 is 19.9 Å². The van der Waals surface area contributed by atoms with Gasteiger partial charge in [0.05, 0.1) is 18.4 Å². The molecule has 1 unspecified atom stereocenters. The molecule has 0 bridgehead atoms. The van der Waals surface area contributed by atoms with Crippen LogP contribution in [-0.2, 0) is 16.1 Å². The number of methoxy groups -OCH3 is 1. The molecule has 0 aliphatic rings. The minimum Gasteiger partial charge on any atom is -0.508 e.